The van der Waals surface area contributed by atoms with Gasteiger partial charge in [-0.15, -0.1) is 0 Å². The standard InChI is InChI=1S/C20H14F3O/c21-20(22,23)17-11-7-10-16(14-17)19(15-8-3-1-4-9-15)24-18-12-5-2-6-13-18/h1-12,14,19H. The van der Waals surface area contributed by atoms with Crippen LogP contribution in [-0.4, -0.2) is 0 Å². The minimum absolute atomic E-state index is 0.438. The molecule has 4 heteroatoms. The van der Waals surface area contributed by atoms with Crippen LogP contribution >= 0.6 is 0 Å². The van der Waals surface area contributed by atoms with Crippen molar-refractivity contribution in [3.63, 3.8) is 0 Å². The molecule has 1 radical (unpaired) electrons. The second kappa shape index (κ2) is 6.79. The van der Waals surface area contributed by atoms with Gasteiger partial charge in [0.2, 0.25) is 0 Å². The van der Waals surface area contributed by atoms with Gasteiger partial charge in [0.15, 0.2) is 0 Å². The van der Waals surface area contributed by atoms with Gasteiger partial charge in [0.1, 0.15) is 11.9 Å². The van der Waals surface area contributed by atoms with E-state index >= 15 is 0 Å². The SMILES string of the molecule is FC(F)(F)c1cccc(C(Oc2[c]cccc2)c2ccccc2)c1. The summed E-state index contributed by atoms with van der Waals surface area (Å²) in [6, 6.07) is 24.3. The Morgan fingerprint density at radius 3 is 2.17 bits per heavy atom. The van der Waals surface area contributed by atoms with Crippen molar-refractivity contribution in [3.05, 3.63) is 102 Å². The predicted octanol–water partition coefficient (Wildman–Crippen LogP) is 5.67. The van der Waals surface area contributed by atoms with E-state index in [1.54, 1.807) is 30.3 Å². The number of halogens is 3. The number of hydrogen-bond donors (Lipinski definition) is 0. The predicted molar refractivity (Wildman–Crippen MR) is 85.6 cm³/mol. The summed E-state index contributed by atoms with van der Waals surface area (Å²) in [5.41, 5.74) is 0.518. The van der Waals surface area contributed by atoms with E-state index in [9.17, 15) is 13.2 Å². The first-order chi connectivity index (χ1) is 11.5. The summed E-state index contributed by atoms with van der Waals surface area (Å²) in [7, 11) is 0. The lowest BCUT2D eigenvalue weighted by molar-refractivity contribution is -0.137. The molecule has 24 heavy (non-hydrogen) atoms. The van der Waals surface area contributed by atoms with Crippen molar-refractivity contribution in [2.75, 3.05) is 0 Å². The average molecular weight is 327 g/mol. The molecule has 121 valence electrons. The fraction of sp³-hybridized carbons (Fsp3) is 0.100. The van der Waals surface area contributed by atoms with Crippen molar-refractivity contribution in [1.82, 2.24) is 0 Å². The van der Waals surface area contributed by atoms with Crippen LogP contribution in [0.25, 0.3) is 0 Å². The highest BCUT2D eigenvalue weighted by Crippen LogP contribution is 2.34. The number of alkyl halides is 3. The first kappa shape index (κ1) is 16.1. The normalized spacial score (nSPS) is 12.6. The summed E-state index contributed by atoms with van der Waals surface area (Å²) >= 11 is 0. The maximum absolute atomic E-state index is 13.0. The quantitative estimate of drug-likeness (QED) is 0.599. The fourth-order valence-corrected chi connectivity index (χ4v) is 2.41. The van der Waals surface area contributed by atoms with Crippen molar-refractivity contribution in [3.8, 4) is 5.75 Å². The van der Waals surface area contributed by atoms with E-state index in [1.165, 1.54) is 6.07 Å². The third-order valence-corrected chi connectivity index (χ3v) is 3.54. The van der Waals surface area contributed by atoms with Crippen molar-refractivity contribution in [2.45, 2.75) is 12.3 Å². The second-order valence-corrected chi connectivity index (χ2v) is 5.26. The van der Waals surface area contributed by atoms with E-state index in [-0.39, 0.29) is 0 Å². The van der Waals surface area contributed by atoms with Gasteiger partial charge in [0.25, 0.3) is 0 Å². The molecule has 1 unspecified atom stereocenters. The van der Waals surface area contributed by atoms with Crippen LogP contribution < -0.4 is 4.74 Å². The molecule has 0 aliphatic heterocycles. The van der Waals surface area contributed by atoms with Crippen LogP contribution in [-0.2, 0) is 6.18 Å². The smallest absolute Gasteiger partial charge is 0.416 e. The number of rotatable bonds is 4. The lowest BCUT2D eigenvalue weighted by Gasteiger charge is -2.21. The Morgan fingerprint density at radius 2 is 1.50 bits per heavy atom. The van der Waals surface area contributed by atoms with E-state index < -0.39 is 17.8 Å². The zero-order valence-corrected chi connectivity index (χ0v) is 12.6. The molecule has 0 spiro atoms. The lowest BCUT2D eigenvalue weighted by Crippen LogP contribution is -2.12. The summed E-state index contributed by atoms with van der Waals surface area (Å²) in [5, 5.41) is 0. The molecule has 3 aromatic carbocycles. The van der Waals surface area contributed by atoms with Crippen LogP contribution in [0.5, 0.6) is 5.75 Å². The van der Waals surface area contributed by atoms with Gasteiger partial charge in [-0.25, -0.2) is 0 Å². The van der Waals surface area contributed by atoms with Crippen LogP contribution in [0.3, 0.4) is 0 Å². The molecule has 0 aliphatic rings. The minimum atomic E-state index is -4.39. The second-order valence-electron chi connectivity index (χ2n) is 5.26. The van der Waals surface area contributed by atoms with Crippen LogP contribution in [0, 0.1) is 6.07 Å². The van der Waals surface area contributed by atoms with Crippen molar-refractivity contribution < 1.29 is 17.9 Å². The molecule has 0 N–H and O–H groups in total. The Hall–Kier alpha value is -2.75. The van der Waals surface area contributed by atoms with E-state index in [2.05, 4.69) is 6.07 Å². The van der Waals surface area contributed by atoms with Gasteiger partial charge in [0, 0.05) is 6.07 Å². The van der Waals surface area contributed by atoms with Gasteiger partial charge in [-0.2, -0.15) is 13.2 Å². The topological polar surface area (TPSA) is 9.23 Å². The van der Waals surface area contributed by atoms with Gasteiger partial charge in [-0.05, 0) is 29.3 Å². The monoisotopic (exact) mass is 327 g/mol. The molecule has 3 aromatic rings. The van der Waals surface area contributed by atoms with E-state index in [4.69, 9.17) is 4.74 Å². The van der Waals surface area contributed by atoms with E-state index in [1.807, 2.05) is 30.3 Å². The van der Waals surface area contributed by atoms with Gasteiger partial charge in [-0.3, -0.25) is 0 Å². The summed E-state index contributed by atoms with van der Waals surface area (Å²) in [6.45, 7) is 0. The van der Waals surface area contributed by atoms with Crippen molar-refractivity contribution in [1.29, 1.82) is 0 Å². The van der Waals surface area contributed by atoms with Crippen LogP contribution in [0.15, 0.2) is 78.9 Å². The molecule has 0 amide bonds. The molecule has 0 fully saturated rings. The molecule has 3 rings (SSSR count). The first-order valence-corrected chi connectivity index (χ1v) is 7.39. The number of hydrogen-bond acceptors (Lipinski definition) is 1. The van der Waals surface area contributed by atoms with E-state index in [0.717, 1.165) is 17.7 Å². The molecular weight excluding hydrogens is 313 g/mol. The number of para-hydroxylation sites is 1. The highest BCUT2D eigenvalue weighted by molar-refractivity contribution is 5.35. The van der Waals surface area contributed by atoms with Crippen LogP contribution in [0.4, 0.5) is 13.2 Å². The first-order valence-electron chi connectivity index (χ1n) is 7.39. The summed E-state index contributed by atoms with van der Waals surface area (Å²) in [6.07, 6.45) is -5.04. The third-order valence-electron chi connectivity index (χ3n) is 3.54. The summed E-state index contributed by atoms with van der Waals surface area (Å²) in [4.78, 5) is 0. The number of benzene rings is 3. The number of ether oxygens (including phenoxy) is 1. The Labute approximate surface area is 138 Å². The lowest BCUT2D eigenvalue weighted by atomic mass is 9.99. The molecule has 0 heterocycles. The third kappa shape index (κ3) is 3.77. The maximum Gasteiger partial charge on any atom is 0.416 e. The Morgan fingerprint density at radius 1 is 0.792 bits per heavy atom. The van der Waals surface area contributed by atoms with Crippen LogP contribution in [0.2, 0.25) is 0 Å². The molecule has 0 bridgehead atoms. The summed E-state index contributed by atoms with van der Waals surface area (Å²) < 4.78 is 45.0. The molecular formula is C20H14F3O. The Bertz CT molecular complexity index is 783. The molecule has 0 aromatic heterocycles. The van der Waals surface area contributed by atoms with Crippen molar-refractivity contribution >= 4 is 0 Å². The molecule has 1 atom stereocenters. The van der Waals surface area contributed by atoms with E-state index in [0.29, 0.717) is 11.3 Å². The van der Waals surface area contributed by atoms with Gasteiger partial charge >= 0.3 is 6.18 Å². The summed E-state index contributed by atoms with van der Waals surface area (Å²) in [5.74, 6) is 0.476. The Kier molecular flexibility index (Phi) is 4.56. The largest absolute Gasteiger partial charge is 0.480 e. The van der Waals surface area contributed by atoms with Gasteiger partial charge in [0.05, 0.1) is 5.56 Å². The highest BCUT2D eigenvalue weighted by atomic mass is 19.4. The molecule has 0 saturated heterocycles. The average Bonchev–Trinajstić information content (AvgIpc) is 2.61. The van der Waals surface area contributed by atoms with Gasteiger partial charge < -0.3 is 4.74 Å². The molecule has 0 aliphatic carbocycles. The highest BCUT2D eigenvalue weighted by Gasteiger charge is 2.31. The zero-order chi connectivity index (χ0) is 17.0. The molecule has 0 saturated carbocycles. The minimum Gasteiger partial charge on any atom is -0.480 e. The van der Waals surface area contributed by atoms with Crippen molar-refractivity contribution in [2.24, 2.45) is 0 Å². The van der Waals surface area contributed by atoms with Gasteiger partial charge in [-0.1, -0.05) is 60.7 Å². The maximum atomic E-state index is 13.0. The van der Waals surface area contributed by atoms with Crippen LogP contribution in [0.1, 0.15) is 22.8 Å². The Balaban J connectivity index is 2.02. The fourth-order valence-electron chi connectivity index (χ4n) is 2.41. The zero-order valence-electron chi connectivity index (χ0n) is 12.6. The molecule has 1 nitrogen and oxygen atoms in total.